The van der Waals surface area contributed by atoms with E-state index in [1.54, 1.807) is 12.4 Å². The molecule has 27 heavy (non-hydrogen) atoms. The Kier molecular flexibility index (Phi) is 3.78. The molecule has 2 aliphatic heterocycles. The van der Waals surface area contributed by atoms with Crippen molar-refractivity contribution >= 4 is 5.82 Å². The average molecular weight is 363 g/mol. The quantitative estimate of drug-likeness (QED) is 0.724. The maximum atomic E-state index is 5.99. The van der Waals surface area contributed by atoms with Crippen LogP contribution in [0.1, 0.15) is 24.2 Å². The zero-order valence-corrected chi connectivity index (χ0v) is 14.9. The highest BCUT2D eigenvalue weighted by Gasteiger charge is 2.42. The molecule has 0 aromatic carbocycles. The van der Waals surface area contributed by atoms with Gasteiger partial charge in [-0.2, -0.15) is 15.3 Å². The van der Waals surface area contributed by atoms with Crippen LogP contribution >= 0.6 is 0 Å². The van der Waals surface area contributed by atoms with E-state index in [-0.39, 0.29) is 12.0 Å². The maximum Gasteiger partial charge on any atom is 0.166 e. The molecule has 0 radical (unpaired) electrons. The number of hydrogen-bond donors (Lipinski definition) is 2. The molecular formula is C19H21N7O. The predicted molar refractivity (Wildman–Crippen MR) is 100 cm³/mol. The number of hydrogen-bond acceptors (Lipinski definition) is 7. The second-order valence-electron chi connectivity index (χ2n) is 7.21. The minimum Gasteiger partial charge on any atom is -0.483 e. The number of nitrogen functional groups attached to an aromatic ring is 1. The van der Waals surface area contributed by atoms with Gasteiger partial charge in [0.2, 0.25) is 0 Å². The van der Waals surface area contributed by atoms with E-state index in [1.165, 1.54) is 12.1 Å². The SMILES string of the molecule is Nc1ncc(-c2cc3n(n2)CC[C@]32CCNC2)cc1OCc1cccnn1. The number of ether oxygens (including phenoxy) is 1. The van der Waals surface area contributed by atoms with Crippen LogP contribution in [0.2, 0.25) is 0 Å². The van der Waals surface area contributed by atoms with Crippen molar-refractivity contribution in [1.82, 2.24) is 30.3 Å². The van der Waals surface area contributed by atoms with Crippen molar-refractivity contribution in [3.63, 3.8) is 0 Å². The summed E-state index contributed by atoms with van der Waals surface area (Å²) in [7, 11) is 0. The molecule has 0 unspecified atom stereocenters. The zero-order valence-electron chi connectivity index (χ0n) is 14.9. The Bertz CT molecular complexity index is 963. The van der Waals surface area contributed by atoms with E-state index < -0.39 is 0 Å². The average Bonchev–Trinajstić information content (AvgIpc) is 3.41. The molecule has 0 aliphatic carbocycles. The normalized spacial score (nSPS) is 20.9. The minimum absolute atomic E-state index is 0.234. The molecule has 0 bridgehead atoms. The van der Waals surface area contributed by atoms with Crippen LogP contribution in [-0.2, 0) is 18.6 Å². The molecule has 1 fully saturated rings. The Morgan fingerprint density at radius 3 is 3.07 bits per heavy atom. The van der Waals surface area contributed by atoms with E-state index in [2.05, 4.69) is 31.2 Å². The van der Waals surface area contributed by atoms with E-state index in [0.717, 1.165) is 43.0 Å². The van der Waals surface area contributed by atoms with Crippen LogP contribution < -0.4 is 15.8 Å². The molecule has 3 N–H and O–H groups in total. The second-order valence-corrected chi connectivity index (χ2v) is 7.21. The summed E-state index contributed by atoms with van der Waals surface area (Å²) in [6.07, 6.45) is 5.71. The molecule has 3 aromatic rings. The Labute approximate surface area is 156 Å². The number of pyridine rings is 1. The molecule has 1 saturated heterocycles. The summed E-state index contributed by atoms with van der Waals surface area (Å²) in [4.78, 5) is 4.29. The summed E-state index contributed by atoms with van der Waals surface area (Å²) in [5.74, 6) is 0.884. The number of aryl methyl sites for hydroxylation is 1. The van der Waals surface area contributed by atoms with Crippen LogP contribution in [0.25, 0.3) is 11.3 Å². The summed E-state index contributed by atoms with van der Waals surface area (Å²) >= 11 is 0. The highest BCUT2D eigenvalue weighted by molar-refractivity contribution is 5.64. The largest absolute Gasteiger partial charge is 0.483 e. The summed E-state index contributed by atoms with van der Waals surface area (Å²) < 4.78 is 7.96. The van der Waals surface area contributed by atoms with Crippen molar-refractivity contribution in [3.05, 3.63) is 48.0 Å². The van der Waals surface area contributed by atoms with Crippen molar-refractivity contribution in [1.29, 1.82) is 0 Å². The highest BCUT2D eigenvalue weighted by Crippen LogP contribution is 2.41. The van der Waals surface area contributed by atoms with Crippen LogP contribution in [0.5, 0.6) is 5.75 Å². The van der Waals surface area contributed by atoms with Gasteiger partial charge in [0, 0.05) is 42.2 Å². The lowest BCUT2D eigenvalue weighted by Gasteiger charge is -2.20. The number of anilines is 1. The fraction of sp³-hybridized carbons (Fsp3) is 0.368. The third-order valence-corrected chi connectivity index (χ3v) is 5.55. The molecule has 8 heteroatoms. The Morgan fingerprint density at radius 2 is 2.26 bits per heavy atom. The maximum absolute atomic E-state index is 5.99. The van der Waals surface area contributed by atoms with Crippen LogP contribution in [-0.4, -0.2) is 38.1 Å². The Morgan fingerprint density at radius 1 is 1.30 bits per heavy atom. The number of nitrogens with zero attached hydrogens (tertiary/aromatic N) is 5. The standard InChI is InChI=1S/C19H21N7O/c20-18-16(27-11-14-2-1-5-23-24-14)8-13(10-22-18)15-9-17-19(3-6-21-12-19)4-7-26(17)25-15/h1-2,5,8-10,21H,3-4,6-7,11-12H2,(H2,20,22)/t19-/m0/s1. The first-order valence-corrected chi connectivity index (χ1v) is 9.18. The van der Waals surface area contributed by atoms with E-state index in [4.69, 9.17) is 15.6 Å². The number of nitrogens with two attached hydrogens (primary N) is 1. The smallest absolute Gasteiger partial charge is 0.166 e. The Balaban J connectivity index is 1.41. The molecule has 2 aliphatic rings. The topological polar surface area (TPSA) is 104 Å². The molecule has 5 rings (SSSR count). The molecule has 138 valence electrons. The molecule has 3 aromatic heterocycles. The van der Waals surface area contributed by atoms with Crippen molar-refractivity contribution in [2.24, 2.45) is 0 Å². The summed E-state index contributed by atoms with van der Waals surface area (Å²) in [6, 6.07) is 7.77. The summed E-state index contributed by atoms with van der Waals surface area (Å²) in [5.41, 5.74) is 10.1. The van der Waals surface area contributed by atoms with Crippen LogP contribution in [0, 0.1) is 0 Å². The lowest BCUT2D eigenvalue weighted by molar-refractivity contribution is 0.300. The fourth-order valence-electron chi connectivity index (χ4n) is 4.05. The second kappa shape index (κ2) is 6.31. The van der Waals surface area contributed by atoms with Crippen molar-refractivity contribution in [2.45, 2.75) is 31.4 Å². The zero-order chi connectivity index (χ0) is 18.3. The van der Waals surface area contributed by atoms with Crippen LogP contribution in [0.15, 0.2) is 36.7 Å². The van der Waals surface area contributed by atoms with Gasteiger partial charge >= 0.3 is 0 Å². The van der Waals surface area contributed by atoms with Crippen LogP contribution in [0.4, 0.5) is 5.82 Å². The lowest BCUT2D eigenvalue weighted by atomic mass is 9.82. The molecular weight excluding hydrogens is 342 g/mol. The van der Waals surface area contributed by atoms with E-state index in [9.17, 15) is 0 Å². The van der Waals surface area contributed by atoms with Gasteiger partial charge < -0.3 is 15.8 Å². The third-order valence-electron chi connectivity index (χ3n) is 5.55. The molecule has 1 spiro atoms. The molecule has 5 heterocycles. The third kappa shape index (κ3) is 2.82. The van der Waals surface area contributed by atoms with E-state index in [1.807, 2.05) is 18.2 Å². The van der Waals surface area contributed by atoms with Crippen molar-refractivity contribution in [3.8, 4) is 17.0 Å². The Hall–Kier alpha value is -3.00. The highest BCUT2D eigenvalue weighted by atomic mass is 16.5. The number of nitrogens with one attached hydrogen (secondary N) is 1. The van der Waals surface area contributed by atoms with Gasteiger partial charge in [-0.1, -0.05) is 0 Å². The van der Waals surface area contributed by atoms with Crippen molar-refractivity contribution < 1.29 is 4.74 Å². The van der Waals surface area contributed by atoms with Gasteiger partial charge in [-0.15, -0.1) is 0 Å². The number of rotatable bonds is 4. The molecule has 0 amide bonds. The van der Waals surface area contributed by atoms with E-state index >= 15 is 0 Å². The van der Waals surface area contributed by atoms with Gasteiger partial charge in [0.15, 0.2) is 11.6 Å². The van der Waals surface area contributed by atoms with Crippen LogP contribution in [0.3, 0.4) is 0 Å². The van der Waals surface area contributed by atoms with Gasteiger partial charge in [0.25, 0.3) is 0 Å². The molecule has 1 atom stereocenters. The first-order valence-electron chi connectivity index (χ1n) is 9.18. The lowest BCUT2D eigenvalue weighted by Crippen LogP contribution is -2.25. The van der Waals surface area contributed by atoms with Gasteiger partial charge in [0.1, 0.15) is 12.3 Å². The summed E-state index contributed by atoms with van der Waals surface area (Å²) in [6.45, 7) is 3.36. The number of fused-ring (bicyclic) bond motifs is 2. The monoisotopic (exact) mass is 363 g/mol. The molecule has 8 nitrogen and oxygen atoms in total. The van der Waals surface area contributed by atoms with Crippen molar-refractivity contribution in [2.75, 3.05) is 18.8 Å². The van der Waals surface area contributed by atoms with E-state index in [0.29, 0.717) is 11.6 Å². The first kappa shape index (κ1) is 16.2. The van der Waals surface area contributed by atoms with Gasteiger partial charge in [0.05, 0.1) is 5.69 Å². The first-order chi connectivity index (χ1) is 13.2. The summed E-state index contributed by atoms with van der Waals surface area (Å²) in [5, 5.41) is 16.2. The number of aromatic nitrogens is 5. The predicted octanol–water partition coefficient (Wildman–Crippen LogP) is 1.53. The fourth-order valence-corrected chi connectivity index (χ4v) is 4.05. The van der Waals surface area contributed by atoms with Gasteiger partial charge in [-0.05, 0) is 43.7 Å². The molecule has 0 saturated carbocycles. The van der Waals surface area contributed by atoms with Gasteiger partial charge in [-0.3, -0.25) is 4.68 Å². The van der Waals surface area contributed by atoms with Gasteiger partial charge in [-0.25, -0.2) is 4.98 Å². The minimum atomic E-state index is 0.234.